The molecule has 4 aliphatic heterocycles. The molecule has 0 aromatic heterocycles. The van der Waals surface area contributed by atoms with Crippen LogP contribution in [0, 0.1) is 45.8 Å². The van der Waals surface area contributed by atoms with Crippen molar-refractivity contribution >= 4 is 29.8 Å². The first-order chi connectivity index (χ1) is 23.3. The second-order valence-electron chi connectivity index (χ2n) is 16.2. The van der Waals surface area contributed by atoms with Crippen LogP contribution in [-0.4, -0.2) is 83.2 Å². The number of hydrogen-bond donors (Lipinski definition) is 2. The minimum Gasteiger partial charge on any atom is -0.469 e. The summed E-state index contributed by atoms with van der Waals surface area (Å²) in [7, 11) is 1.28. The van der Waals surface area contributed by atoms with E-state index in [1.165, 1.54) is 19.3 Å². The molecule has 2 saturated carbocycles. The predicted octanol–water partition coefficient (Wildman–Crippen LogP) is 3.28. The minimum absolute atomic E-state index is 0.0373. The van der Waals surface area contributed by atoms with Gasteiger partial charge < -0.3 is 38.6 Å². The second-order valence-corrected chi connectivity index (χ2v) is 16.2. The molecular formula is C37H50O13. The fourth-order valence-electron chi connectivity index (χ4n) is 10.4. The standard InChI is InChI=1S/C37H50O13/c1-10-17(3)30(41)48-28-26-29(49-31(42)18(4)11-2)36-20(35(8,37(26,44)50-36)21(33(28,5)6)15-23(38)45-9)12-13-34(7)22(36)16-25(40)46-27(34)19-14-24(39)47-32(19)43/h14,16-18,20-21,24,26-29,39,44H,10-13,15H2,1-9H3/t17-,18-,20+,21-,24?,26+,27-,28+,29+,34+,35+,36+,37-/m0/s1. The number of cyclic esters (lactones) is 2. The summed E-state index contributed by atoms with van der Waals surface area (Å²) in [6.45, 7) is 14.6. The molecule has 1 spiro atoms. The van der Waals surface area contributed by atoms with Crippen molar-refractivity contribution < 1.29 is 62.6 Å². The average molecular weight is 703 g/mol. The van der Waals surface area contributed by atoms with E-state index >= 15 is 0 Å². The van der Waals surface area contributed by atoms with Crippen molar-refractivity contribution in [2.24, 2.45) is 45.8 Å². The number of ether oxygens (including phenoxy) is 6. The molecule has 276 valence electrons. The lowest BCUT2D eigenvalue weighted by Crippen LogP contribution is -2.76. The number of aliphatic hydroxyl groups excluding tert-OH is 1. The molecule has 13 heteroatoms. The van der Waals surface area contributed by atoms with E-state index in [1.807, 2.05) is 34.6 Å². The molecule has 13 nitrogen and oxygen atoms in total. The first-order valence-corrected chi connectivity index (χ1v) is 17.7. The summed E-state index contributed by atoms with van der Waals surface area (Å²) in [5.41, 5.74) is -4.72. The van der Waals surface area contributed by atoms with Crippen molar-refractivity contribution in [3.63, 3.8) is 0 Å². The lowest BCUT2D eigenvalue weighted by molar-refractivity contribution is -0.326. The van der Waals surface area contributed by atoms with Gasteiger partial charge in [0.25, 0.3) is 0 Å². The Hall–Kier alpha value is -3.29. The summed E-state index contributed by atoms with van der Waals surface area (Å²) in [6.07, 6.45) is -1.13. The number of fused-ring (bicyclic) bond motifs is 2. The maximum Gasteiger partial charge on any atom is 0.340 e. The van der Waals surface area contributed by atoms with Crippen LogP contribution in [0.3, 0.4) is 0 Å². The topological polar surface area (TPSA) is 181 Å². The maximum atomic E-state index is 13.8. The third kappa shape index (κ3) is 4.64. The highest BCUT2D eigenvalue weighted by Gasteiger charge is 2.90. The Balaban J connectivity index is 1.61. The highest BCUT2D eigenvalue weighted by molar-refractivity contribution is 5.94. The Morgan fingerprint density at radius 2 is 1.58 bits per heavy atom. The molecule has 0 aromatic rings. The zero-order valence-electron chi connectivity index (χ0n) is 30.3. The SMILES string of the molecule is CC[C@H](C)C(=O)O[C@@H]1[C@@H]2[C@@H](OC(=O)[C@@H](C)CC)[C@@]34O[C@]2(O)[C@@](C)([C@@H](CC(=O)OC)C1(C)C)[C@H]3CC[C@]1(C)C4=CC(=O)O[C@H]1C1=CC(O)OC1=O. The van der Waals surface area contributed by atoms with E-state index in [1.54, 1.807) is 20.8 Å². The largest absolute Gasteiger partial charge is 0.469 e. The van der Waals surface area contributed by atoms with E-state index in [2.05, 4.69) is 0 Å². The molecule has 0 aromatic carbocycles. The van der Waals surface area contributed by atoms with Crippen LogP contribution in [0.1, 0.15) is 87.5 Å². The first-order valence-electron chi connectivity index (χ1n) is 17.7. The molecule has 4 fully saturated rings. The van der Waals surface area contributed by atoms with Crippen molar-refractivity contribution in [1.29, 1.82) is 0 Å². The third-order valence-electron chi connectivity index (χ3n) is 13.5. The van der Waals surface area contributed by atoms with E-state index in [-0.39, 0.29) is 12.0 Å². The summed E-state index contributed by atoms with van der Waals surface area (Å²) in [5.74, 6) is -8.86. The number of carbonyl (C=O) groups is 5. The molecule has 2 bridgehead atoms. The van der Waals surface area contributed by atoms with Gasteiger partial charge in [0.05, 0.1) is 30.4 Å². The number of carbonyl (C=O) groups excluding carboxylic acids is 5. The van der Waals surface area contributed by atoms with E-state index < -0.39 is 112 Å². The van der Waals surface area contributed by atoms with Crippen LogP contribution in [0.25, 0.3) is 0 Å². The molecule has 6 rings (SSSR count). The van der Waals surface area contributed by atoms with Crippen molar-refractivity contribution in [2.75, 3.05) is 7.11 Å². The van der Waals surface area contributed by atoms with Crippen LogP contribution in [0.15, 0.2) is 23.3 Å². The molecule has 13 atom stereocenters. The molecule has 1 unspecified atom stereocenters. The Bertz CT molecular complexity index is 1560. The highest BCUT2D eigenvalue weighted by Crippen LogP contribution is 2.80. The molecule has 6 aliphatic rings. The number of rotatable bonds is 9. The van der Waals surface area contributed by atoms with Crippen molar-refractivity contribution in [2.45, 2.75) is 123 Å². The Labute approximate surface area is 292 Å². The Morgan fingerprint density at radius 1 is 0.980 bits per heavy atom. The third-order valence-corrected chi connectivity index (χ3v) is 13.5. The summed E-state index contributed by atoms with van der Waals surface area (Å²) < 4.78 is 35.8. The highest BCUT2D eigenvalue weighted by atomic mass is 16.7. The average Bonchev–Trinajstić information content (AvgIpc) is 3.61. The van der Waals surface area contributed by atoms with E-state index in [4.69, 9.17) is 28.4 Å². The normalized spacial score (nSPS) is 43.3. The van der Waals surface area contributed by atoms with Crippen LogP contribution in [0.2, 0.25) is 0 Å². The van der Waals surface area contributed by atoms with Gasteiger partial charge in [0, 0.05) is 34.7 Å². The van der Waals surface area contributed by atoms with Crippen LogP contribution >= 0.6 is 0 Å². The zero-order valence-corrected chi connectivity index (χ0v) is 30.3. The van der Waals surface area contributed by atoms with E-state index in [0.717, 1.165) is 0 Å². The fraction of sp³-hybridized carbons (Fsp3) is 0.757. The van der Waals surface area contributed by atoms with Gasteiger partial charge in [-0.25, -0.2) is 9.59 Å². The fourth-order valence-corrected chi connectivity index (χ4v) is 10.4. The quantitative estimate of drug-likeness (QED) is 0.264. The number of methoxy groups -OCH3 is 1. The Morgan fingerprint density at radius 3 is 2.12 bits per heavy atom. The zero-order chi connectivity index (χ0) is 36.9. The van der Waals surface area contributed by atoms with Gasteiger partial charge in [0.15, 0.2) is 5.79 Å². The predicted molar refractivity (Wildman–Crippen MR) is 172 cm³/mol. The van der Waals surface area contributed by atoms with Gasteiger partial charge >= 0.3 is 29.8 Å². The first kappa shape index (κ1) is 36.5. The van der Waals surface area contributed by atoms with Crippen molar-refractivity contribution in [3.05, 3.63) is 23.3 Å². The summed E-state index contributed by atoms with van der Waals surface area (Å²) in [6, 6.07) is 0. The van der Waals surface area contributed by atoms with Crippen LogP contribution in [-0.2, 0) is 52.4 Å². The van der Waals surface area contributed by atoms with Gasteiger partial charge in [0.2, 0.25) is 6.29 Å². The van der Waals surface area contributed by atoms with Gasteiger partial charge in [-0.05, 0) is 43.3 Å². The molecule has 50 heavy (non-hydrogen) atoms. The van der Waals surface area contributed by atoms with Gasteiger partial charge in [-0.1, -0.05) is 55.4 Å². The van der Waals surface area contributed by atoms with E-state index in [9.17, 15) is 34.2 Å². The smallest absolute Gasteiger partial charge is 0.340 e. The molecule has 2 saturated heterocycles. The molecular weight excluding hydrogens is 652 g/mol. The summed E-state index contributed by atoms with van der Waals surface area (Å²) >= 11 is 0. The van der Waals surface area contributed by atoms with Crippen LogP contribution < -0.4 is 0 Å². The lowest BCUT2D eigenvalue weighted by atomic mass is 9.37. The summed E-state index contributed by atoms with van der Waals surface area (Å²) in [4.78, 5) is 67.1. The van der Waals surface area contributed by atoms with Gasteiger partial charge in [-0.15, -0.1) is 0 Å². The number of hydrogen-bond acceptors (Lipinski definition) is 13. The van der Waals surface area contributed by atoms with Crippen molar-refractivity contribution in [1.82, 2.24) is 0 Å². The maximum absolute atomic E-state index is 13.8. The van der Waals surface area contributed by atoms with Gasteiger partial charge in [-0.2, -0.15) is 0 Å². The van der Waals surface area contributed by atoms with Crippen LogP contribution in [0.4, 0.5) is 0 Å². The van der Waals surface area contributed by atoms with Gasteiger partial charge in [0.1, 0.15) is 23.9 Å². The number of aliphatic hydroxyl groups is 2. The summed E-state index contributed by atoms with van der Waals surface area (Å²) in [5, 5.41) is 23.4. The molecule has 0 amide bonds. The lowest BCUT2D eigenvalue weighted by Gasteiger charge is -2.67. The van der Waals surface area contributed by atoms with Crippen LogP contribution in [0.5, 0.6) is 0 Å². The monoisotopic (exact) mass is 702 g/mol. The van der Waals surface area contributed by atoms with E-state index in [0.29, 0.717) is 31.3 Å². The molecule has 4 heterocycles. The Kier molecular flexibility index (Phi) is 8.67. The second kappa shape index (κ2) is 11.9. The number of esters is 5. The van der Waals surface area contributed by atoms with Crippen molar-refractivity contribution in [3.8, 4) is 0 Å². The molecule has 0 radical (unpaired) electrons. The minimum atomic E-state index is -2.13. The molecule has 2 aliphatic carbocycles. The molecule has 2 N–H and O–H groups in total. The van der Waals surface area contributed by atoms with Gasteiger partial charge in [-0.3, -0.25) is 14.4 Å².